The van der Waals surface area contributed by atoms with E-state index in [0.717, 1.165) is 16.3 Å². The molecule has 4 nitrogen and oxygen atoms in total. The Labute approximate surface area is 201 Å². The van der Waals surface area contributed by atoms with Crippen LogP contribution in [0.25, 0.3) is 32.9 Å². The van der Waals surface area contributed by atoms with Crippen LogP contribution in [0.4, 0.5) is 0 Å². The summed E-state index contributed by atoms with van der Waals surface area (Å²) in [7, 11) is 0. The summed E-state index contributed by atoms with van der Waals surface area (Å²) in [6.45, 7) is 1.48. The van der Waals surface area contributed by atoms with Crippen molar-refractivity contribution in [3.63, 3.8) is 0 Å². The Balaban J connectivity index is 1.47. The van der Waals surface area contributed by atoms with Gasteiger partial charge in [0, 0.05) is 21.5 Å². The van der Waals surface area contributed by atoms with Gasteiger partial charge in [-0.1, -0.05) is 78.3 Å². The third-order valence-corrected chi connectivity index (χ3v) is 6.08. The smallest absolute Gasteiger partial charge is 0.339 e. The Morgan fingerprint density at radius 1 is 0.853 bits per heavy atom. The van der Waals surface area contributed by atoms with E-state index in [4.69, 9.17) is 21.3 Å². The molecule has 0 saturated carbocycles. The summed E-state index contributed by atoms with van der Waals surface area (Å²) in [5, 5.41) is 3.26. The van der Waals surface area contributed by atoms with Crippen LogP contribution in [0.1, 0.15) is 26.3 Å². The van der Waals surface area contributed by atoms with Crippen LogP contribution >= 0.6 is 11.6 Å². The van der Waals surface area contributed by atoms with E-state index >= 15 is 0 Å². The van der Waals surface area contributed by atoms with Crippen molar-refractivity contribution in [2.75, 3.05) is 6.61 Å². The Morgan fingerprint density at radius 3 is 2.44 bits per heavy atom. The van der Waals surface area contributed by atoms with Gasteiger partial charge in [-0.15, -0.1) is 0 Å². The largest absolute Gasteiger partial charge is 0.454 e. The van der Waals surface area contributed by atoms with Gasteiger partial charge in [0.15, 0.2) is 12.4 Å². The number of carbonyl (C=O) groups is 2. The second-order valence-electron chi connectivity index (χ2n) is 8.05. The summed E-state index contributed by atoms with van der Waals surface area (Å²) in [6, 6.07) is 28.0. The molecule has 0 bridgehead atoms. The molecule has 0 saturated heterocycles. The van der Waals surface area contributed by atoms with Crippen LogP contribution in [0.15, 0.2) is 91.0 Å². The number of carbonyl (C=O) groups excluding carboxylic acids is 2. The minimum absolute atomic E-state index is 0.259. The molecule has 0 aliphatic carbocycles. The molecule has 34 heavy (non-hydrogen) atoms. The van der Waals surface area contributed by atoms with Gasteiger partial charge < -0.3 is 4.74 Å². The quantitative estimate of drug-likeness (QED) is 0.206. The highest BCUT2D eigenvalue weighted by atomic mass is 35.5. The lowest BCUT2D eigenvalue weighted by Crippen LogP contribution is -2.16. The van der Waals surface area contributed by atoms with Gasteiger partial charge in [0.25, 0.3) is 0 Å². The Morgan fingerprint density at radius 2 is 1.62 bits per heavy atom. The summed E-state index contributed by atoms with van der Waals surface area (Å²) in [5.41, 5.74) is 3.68. The topological polar surface area (TPSA) is 56.3 Å². The molecule has 5 aromatic rings. The van der Waals surface area contributed by atoms with Gasteiger partial charge in [-0.25, -0.2) is 9.78 Å². The number of para-hydroxylation sites is 1. The number of aromatic nitrogens is 1. The van der Waals surface area contributed by atoms with Crippen molar-refractivity contribution in [1.29, 1.82) is 0 Å². The monoisotopic (exact) mass is 465 g/mol. The number of pyridine rings is 1. The first-order chi connectivity index (χ1) is 16.5. The second kappa shape index (κ2) is 9.08. The molecule has 0 unspecified atom stereocenters. The van der Waals surface area contributed by atoms with Crippen molar-refractivity contribution >= 4 is 45.0 Å². The minimum Gasteiger partial charge on any atom is -0.454 e. The normalized spacial score (nSPS) is 11.0. The van der Waals surface area contributed by atoms with E-state index in [-0.39, 0.29) is 12.4 Å². The van der Waals surface area contributed by atoms with Crippen LogP contribution in [0, 0.1) is 6.92 Å². The van der Waals surface area contributed by atoms with Crippen molar-refractivity contribution in [2.24, 2.45) is 0 Å². The SMILES string of the molecule is Cc1c(-c2cccc(Cl)c2)nc2ccccc2c1C(=O)OCC(=O)c1ccc2ccccc2c1. The molecule has 0 fully saturated rings. The standard InChI is InChI=1S/C29H20ClNO3/c1-18-27(24-11-4-5-12-25(24)31-28(18)22-9-6-10-23(30)16-22)29(33)34-17-26(32)21-14-13-19-7-2-3-8-20(19)15-21/h2-16H,17H2,1H3. The summed E-state index contributed by atoms with van der Waals surface area (Å²) in [5.74, 6) is -0.821. The molecular formula is C29H20ClNO3. The van der Waals surface area contributed by atoms with E-state index in [9.17, 15) is 9.59 Å². The Hall–Kier alpha value is -4.02. The number of benzene rings is 4. The van der Waals surface area contributed by atoms with E-state index in [1.807, 2.05) is 85.8 Å². The fraction of sp³-hybridized carbons (Fsp3) is 0.0690. The van der Waals surface area contributed by atoms with Crippen molar-refractivity contribution in [3.8, 4) is 11.3 Å². The third kappa shape index (κ3) is 4.16. The van der Waals surface area contributed by atoms with Crippen molar-refractivity contribution in [2.45, 2.75) is 6.92 Å². The number of ether oxygens (including phenoxy) is 1. The number of nitrogens with zero attached hydrogens (tertiary/aromatic N) is 1. The van der Waals surface area contributed by atoms with E-state index in [0.29, 0.717) is 38.3 Å². The van der Waals surface area contributed by atoms with Crippen LogP contribution in [-0.2, 0) is 4.74 Å². The maximum absolute atomic E-state index is 13.2. The van der Waals surface area contributed by atoms with Crippen LogP contribution in [-0.4, -0.2) is 23.3 Å². The maximum atomic E-state index is 13.2. The summed E-state index contributed by atoms with van der Waals surface area (Å²) < 4.78 is 5.52. The van der Waals surface area contributed by atoms with Crippen LogP contribution in [0.5, 0.6) is 0 Å². The zero-order valence-corrected chi connectivity index (χ0v) is 19.2. The average molecular weight is 466 g/mol. The molecule has 0 atom stereocenters. The number of Topliss-reactive ketones (excluding diaryl/α,β-unsaturated/α-hetero) is 1. The highest BCUT2D eigenvalue weighted by molar-refractivity contribution is 6.30. The predicted molar refractivity (Wildman–Crippen MR) is 135 cm³/mol. The van der Waals surface area contributed by atoms with Gasteiger partial charge in [-0.05, 0) is 47.5 Å². The maximum Gasteiger partial charge on any atom is 0.339 e. The second-order valence-corrected chi connectivity index (χ2v) is 8.49. The fourth-order valence-corrected chi connectivity index (χ4v) is 4.33. The molecule has 1 heterocycles. The van der Waals surface area contributed by atoms with E-state index in [1.165, 1.54) is 0 Å². The molecule has 0 aliphatic heterocycles. The first kappa shape index (κ1) is 21.8. The molecule has 0 N–H and O–H groups in total. The summed E-state index contributed by atoms with van der Waals surface area (Å²) >= 11 is 6.19. The molecule has 4 aromatic carbocycles. The molecule has 0 amide bonds. The molecule has 5 heteroatoms. The van der Waals surface area contributed by atoms with Gasteiger partial charge in [-0.2, -0.15) is 0 Å². The van der Waals surface area contributed by atoms with Gasteiger partial charge in [0.2, 0.25) is 0 Å². The first-order valence-corrected chi connectivity index (χ1v) is 11.2. The number of fused-ring (bicyclic) bond motifs is 2. The number of rotatable bonds is 5. The highest BCUT2D eigenvalue weighted by Crippen LogP contribution is 2.31. The number of ketones is 1. The third-order valence-electron chi connectivity index (χ3n) is 5.84. The zero-order valence-electron chi connectivity index (χ0n) is 18.4. The van der Waals surface area contributed by atoms with Crippen LogP contribution < -0.4 is 0 Å². The molecule has 0 aliphatic rings. The van der Waals surface area contributed by atoms with Gasteiger partial charge in [0.1, 0.15) is 0 Å². The number of esters is 1. The zero-order chi connectivity index (χ0) is 23.7. The van der Waals surface area contributed by atoms with Crippen molar-refractivity contribution in [3.05, 3.63) is 113 Å². The fourth-order valence-electron chi connectivity index (χ4n) is 4.14. The molecule has 0 radical (unpaired) electrons. The molecule has 5 rings (SSSR count). The van der Waals surface area contributed by atoms with Crippen LogP contribution in [0.2, 0.25) is 5.02 Å². The van der Waals surface area contributed by atoms with E-state index in [2.05, 4.69) is 0 Å². The van der Waals surface area contributed by atoms with Gasteiger partial charge in [0.05, 0.1) is 16.8 Å². The molecular weight excluding hydrogens is 446 g/mol. The van der Waals surface area contributed by atoms with E-state index < -0.39 is 5.97 Å². The highest BCUT2D eigenvalue weighted by Gasteiger charge is 2.21. The van der Waals surface area contributed by atoms with Crippen molar-refractivity contribution in [1.82, 2.24) is 4.98 Å². The molecule has 1 aromatic heterocycles. The summed E-state index contributed by atoms with van der Waals surface area (Å²) in [4.78, 5) is 30.8. The van der Waals surface area contributed by atoms with E-state index in [1.54, 1.807) is 12.1 Å². The lowest BCUT2D eigenvalue weighted by Gasteiger charge is -2.14. The first-order valence-electron chi connectivity index (χ1n) is 10.9. The van der Waals surface area contributed by atoms with Gasteiger partial charge >= 0.3 is 5.97 Å². The Bertz CT molecular complexity index is 1580. The average Bonchev–Trinajstić information content (AvgIpc) is 2.86. The molecule has 166 valence electrons. The lowest BCUT2D eigenvalue weighted by atomic mass is 9.98. The van der Waals surface area contributed by atoms with Gasteiger partial charge in [-0.3, -0.25) is 4.79 Å². The summed E-state index contributed by atoms with van der Waals surface area (Å²) in [6.07, 6.45) is 0. The Kier molecular flexibility index (Phi) is 5.83. The lowest BCUT2D eigenvalue weighted by molar-refractivity contribution is 0.0476. The number of hydrogen-bond donors (Lipinski definition) is 0. The predicted octanol–water partition coefficient (Wildman–Crippen LogP) is 7.06. The van der Waals surface area contributed by atoms with Crippen LogP contribution in [0.3, 0.4) is 0 Å². The number of hydrogen-bond acceptors (Lipinski definition) is 4. The molecule has 0 spiro atoms. The minimum atomic E-state index is -0.562. The van der Waals surface area contributed by atoms with Crippen molar-refractivity contribution < 1.29 is 14.3 Å². The number of halogens is 1.